The summed E-state index contributed by atoms with van der Waals surface area (Å²) < 4.78 is 39.2. The van der Waals surface area contributed by atoms with E-state index in [0.717, 1.165) is 40.2 Å². The van der Waals surface area contributed by atoms with E-state index in [9.17, 15) is 24.0 Å². The van der Waals surface area contributed by atoms with E-state index >= 15 is 0 Å². The van der Waals surface area contributed by atoms with E-state index in [4.69, 9.17) is 44.8 Å². The van der Waals surface area contributed by atoms with Gasteiger partial charge in [0.2, 0.25) is 6.10 Å². The van der Waals surface area contributed by atoms with Crippen molar-refractivity contribution in [2.24, 2.45) is 0 Å². The van der Waals surface area contributed by atoms with Crippen LogP contribution in [0.25, 0.3) is 0 Å². The maximum Gasteiger partial charge on any atom is 0.305 e. The van der Waals surface area contributed by atoms with Crippen LogP contribution in [0, 0.1) is 0 Å². The molecule has 0 aromatic heterocycles. The lowest BCUT2D eigenvalue weighted by molar-refractivity contribution is -0.267. The average Bonchev–Trinajstić information content (AvgIpc) is 3.20. The molecule has 1 saturated heterocycles. The first-order valence-electron chi connectivity index (χ1n) is 13.8. The summed E-state index contributed by atoms with van der Waals surface area (Å²) in [4.78, 5) is 61.0. The molecule has 0 amide bonds. The minimum atomic E-state index is -2.21. The molecule has 0 bridgehead atoms. The van der Waals surface area contributed by atoms with Crippen molar-refractivity contribution in [3.63, 3.8) is 0 Å². The topological polar surface area (TPSA) is 150 Å². The van der Waals surface area contributed by atoms with Gasteiger partial charge in [-0.2, -0.15) is 0 Å². The van der Waals surface area contributed by atoms with Gasteiger partial charge in [0, 0.05) is 45.2 Å². The van der Waals surface area contributed by atoms with Crippen LogP contribution >= 0.6 is 11.6 Å². The van der Waals surface area contributed by atoms with E-state index in [2.05, 4.69) is 0 Å². The van der Waals surface area contributed by atoms with Gasteiger partial charge in [0.1, 0.15) is 18.5 Å². The molecule has 12 nitrogen and oxygen atoms in total. The molecular weight excluding hydrogens is 600 g/mol. The fraction of sp³-hybridized carbons (Fsp3) is 0.452. The van der Waals surface area contributed by atoms with Crippen molar-refractivity contribution in [3.8, 4) is 5.75 Å². The predicted octanol–water partition coefficient (Wildman–Crippen LogP) is 3.80. The first-order valence-corrected chi connectivity index (χ1v) is 14.2. The van der Waals surface area contributed by atoms with Crippen LogP contribution in [-0.4, -0.2) is 67.5 Å². The normalized spacial score (nSPS) is 21.5. The highest BCUT2D eigenvalue weighted by molar-refractivity contribution is 6.31. The maximum absolute atomic E-state index is 12.6. The molecule has 0 N–H and O–H groups in total. The average molecular weight is 635 g/mol. The summed E-state index contributed by atoms with van der Waals surface area (Å²) in [5.74, 6) is -5.44. The molecule has 238 valence electrons. The Hall–Kier alpha value is -4.16. The van der Waals surface area contributed by atoms with Gasteiger partial charge in [0.25, 0.3) is 5.79 Å². The summed E-state index contributed by atoms with van der Waals surface area (Å²) >= 11 is 6.58. The molecule has 3 rings (SSSR count). The molecule has 1 fully saturated rings. The van der Waals surface area contributed by atoms with Crippen LogP contribution in [-0.2, 0) is 64.6 Å². The van der Waals surface area contributed by atoms with Crippen molar-refractivity contribution in [2.75, 3.05) is 13.2 Å². The second-order valence-corrected chi connectivity index (χ2v) is 10.4. The fourth-order valence-corrected chi connectivity index (χ4v) is 5.05. The zero-order valence-electron chi connectivity index (χ0n) is 25.2. The largest absolute Gasteiger partial charge is 0.494 e. The first kappa shape index (κ1) is 34.3. The van der Waals surface area contributed by atoms with E-state index in [1.165, 1.54) is 6.07 Å². The quantitative estimate of drug-likeness (QED) is 0.247. The highest BCUT2D eigenvalue weighted by Gasteiger charge is 2.65. The number of ether oxygens (including phenoxy) is 7. The van der Waals surface area contributed by atoms with Gasteiger partial charge in [-0.3, -0.25) is 24.0 Å². The molecule has 0 radical (unpaired) electrons. The lowest BCUT2D eigenvalue weighted by Gasteiger charge is -2.34. The SMILES string of the molecule is CCOc1ccc(Cc2cc([C@]3(OC(C)=O)O[C@H]([C@@H](COC(C)=O)OC(C)=O)[C@H](OC(C)=O)[C@H]3OC(C)=O)ccc2Cl)cc1. The van der Waals surface area contributed by atoms with Crippen LogP contribution in [0.4, 0.5) is 0 Å². The van der Waals surface area contributed by atoms with Crippen LogP contribution in [0.5, 0.6) is 5.75 Å². The summed E-state index contributed by atoms with van der Waals surface area (Å²) in [6.45, 7) is 7.49. The Morgan fingerprint density at radius 1 is 0.864 bits per heavy atom. The lowest BCUT2D eigenvalue weighted by Crippen LogP contribution is -2.49. The van der Waals surface area contributed by atoms with Gasteiger partial charge in [0.15, 0.2) is 12.2 Å². The minimum Gasteiger partial charge on any atom is -0.494 e. The second kappa shape index (κ2) is 15.0. The van der Waals surface area contributed by atoms with Crippen molar-refractivity contribution in [2.45, 2.75) is 78.2 Å². The summed E-state index contributed by atoms with van der Waals surface area (Å²) in [6.07, 6.45) is -5.54. The van der Waals surface area contributed by atoms with Gasteiger partial charge in [-0.05, 0) is 48.7 Å². The molecule has 0 saturated carbocycles. The summed E-state index contributed by atoms with van der Waals surface area (Å²) in [5, 5.41) is 0.378. The molecule has 44 heavy (non-hydrogen) atoms. The summed E-state index contributed by atoms with van der Waals surface area (Å²) in [5.41, 5.74) is 1.65. The van der Waals surface area contributed by atoms with Crippen molar-refractivity contribution < 1.29 is 57.1 Å². The highest BCUT2D eigenvalue weighted by atomic mass is 35.5. The molecular formula is C31H35ClO12. The fourth-order valence-electron chi connectivity index (χ4n) is 4.87. The molecule has 1 aliphatic rings. The van der Waals surface area contributed by atoms with Crippen LogP contribution in [0.15, 0.2) is 42.5 Å². The smallest absolute Gasteiger partial charge is 0.305 e. The van der Waals surface area contributed by atoms with E-state index in [1.807, 2.05) is 31.2 Å². The van der Waals surface area contributed by atoms with E-state index in [0.29, 0.717) is 29.4 Å². The minimum absolute atomic E-state index is 0.179. The molecule has 0 unspecified atom stereocenters. The number of hydrogen-bond acceptors (Lipinski definition) is 12. The Morgan fingerprint density at radius 2 is 1.52 bits per heavy atom. The van der Waals surface area contributed by atoms with E-state index < -0.39 is 66.7 Å². The standard InChI is InChI=1S/C31H35ClO12/c1-7-38-25-11-8-22(9-12-25)14-23-15-24(10-13-26(23)32)31(43-21(6)37)30(42-20(5)36)29(41-19(4)35)28(44-31)27(40-18(3)34)16-39-17(2)33/h8-13,15,27-30H,7,14,16H2,1-6H3/t27-,28-,29+,30-,31+/m1/s1. The molecule has 2 aromatic carbocycles. The zero-order valence-corrected chi connectivity index (χ0v) is 26.0. The number of halogens is 1. The number of carbonyl (C=O) groups excluding carboxylic acids is 5. The third-order valence-electron chi connectivity index (χ3n) is 6.41. The van der Waals surface area contributed by atoms with Crippen LogP contribution < -0.4 is 4.74 Å². The van der Waals surface area contributed by atoms with Gasteiger partial charge in [-0.1, -0.05) is 29.8 Å². The van der Waals surface area contributed by atoms with Crippen molar-refractivity contribution >= 4 is 41.4 Å². The zero-order chi connectivity index (χ0) is 32.6. The number of carbonyl (C=O) groups is 5. The van der Waals surface area contributed by atoms with Crippen LogP contribution in [0.2, 0.25) is 5.02 Å². The molecule has 1 aliphatic heterocycles. The number of benzene rings is 2. The first-order chi connectivity index (χ1) is 20.7. The Kier molecular flexibility index (Phi) is 11.7. The molecule has 0 spiro atoms. The molecule has 5 atom stereocenters. The summed E-state index contributed by atoms with van der Waals surface area (Å²) in [7, 11) is 0. The third kappa shape index (κ3) is 8.70. The molecule has 1 heterocycles. The maximum atomic E-state index is 12.6. The van der Waals surface area contributed by atoms with E-state index in [-0.39, 0.29) is 5.56 Å². The third-order valence-corrected chi connectivity index (χ3v) is 6.78. The number of rotatable bonds is 12. The Morgan fingerprint density at radius 3 is 2.07 bits per heavy atom. The van der Waals surface area contributed by atoms with E-state index in [1.54, 1.807) is 12.1 Å². The van der Waals surface area contributed by atoms with Crippen LogP contribution in [0.3, 0.4) is 0 Å². The second-order valence-electron chi connectivity index (χ2n) is 9.96. The Bertz CT molecular complexity index is 1370. The van der Waals surface area contributed by atoms with Gasteiger partial charge >= 0.3 is 29.8 Å². The molecule has 2 aromatic rings. The van der Waals surface area contributed by atoms with Crippen LogP contribution in [0.1, 0.15) is 58.2 Å². The number of esters is 5. The van der Waals surface area contributed by atoms with Gasteiger partial charge in [-0.25, -0.2) is 0 Å². The predicted molar refractivity (Wildman–Crippen MR) is 153 cm³/mol. The Labute approximate surface area is 259 Å². The van der Waals surface area contributed by atoms with Crippen molar-refractivity contribution in [3.05, 3.63) is 64.2 Å². The molecule has 13 heteroatoms. The monoisotopic (exact) mass is 634 g/mol. The lowest BCUT2D eigenvalue weighted by atomic mass is 9.93. The number of hydrogen-bond donors (Lipinski definition) is 0. The summed E-state index contributed by atoms with van der Waals surface area (Å²) in [6, 6.07) is 12.0. The Balaban J connectivity index is 2.18. The van der Waals surface area contributed by atoms with Gasteiger partial charge in [0.05, 0.1) is 6.61 Å². The van der Waals surface area contributed by atoms with Gasteiger partial charge in [-0.15, -0.1) is 0 Å². The van der Waals surface area contributed by atoms with Crippen molar-refractivity contribution in [1.82, 2.24) is 0 Å². The molecule has 0 aliphatic carbocycles. The highest BCUT2D eigenvalue weighted by Crippen LogP contribution is 2.46. The van der Waals surface area contributed by atoms with Gasteiger partial charge < -0.3 is 33.2 Å². The van der Waals surface area contributed by atoms with Crippen molar-refractivity contribution in [1.29, 1.82) is 0 Å².